The Morgan fingerprint density at radius 1 is 1.27 bits per heavy atom. The molecule has 0 aliphatic carbocycles. The molecular formula is C13H10N6O3. The van der Waals surface area contributed by atoms with Crippen LogP contribution in [0.2, 0.25) is 0 Å². The quantitative estimate of drug-likeness (QED) is 0.645. The lowest BCUT2D eigenvalue weighted by Crippen LogP contribution is -2.21. The second-order valence-electron chi connectivity index (χ2n) is 4.20. The third kappa shape index (κ3) is 2.54. The molecule has 0 bridgehead atoms. The number of anilines is 2. The summed E-state index contributed by atoms with van der Waals surface area (Å²) in [4.78, 5) is 37.3. The van der Waals surface area contributed by atoms with Gasteiger partial charge in [-0.2, -0.15) is 0 Å². The smallest absolute Gasteiger partial charge is 0.346 e. The van der Waals surface area contributed by atoms with Gasteiger partial charge in [-0.3, -0.25) is 9.78 Å². The number of nitrogens with zero attached hydrogens (tertiary/aromatic N) is 3. The normalized spacial score (nSPS) is 10.4. The van der Waals surface area contributed by atoms with E-state index in [1.165, 1.54) is 24.9 Å². The van der Waals surface area contributed by atoms with E-state index >= 15 is 0 Å². The van der Waals surface area contributed by atoms with Crippen molar-refractivity contribution in [3.8, 4) is 11.3 Å². The van der Waals surface area contributed by atoms with E-state index in [4.69, 9.17) is 10.2 Å². The maximum Gasteiger partial charge on any atom is 0.346 e. The molecule has 0 saturated heterocycles. The number of carbonyl (C=O) groups excluding carboxylic acids is 1. The van der Waals surface area contributed by atoms with Gasteiger partial charge in [-0.05, 0) is 12.1 Å². The van der Waals surface area contributed by atoms with E-state index in [0.717, 1.165) is 0 Å². The number of furan rings is 1. The molecule has 110 valence electrons. The third-order valence-corrected chi connectivity index (χ3v) is 2.78. The van der Waals surface area contributed by atoms with E-state index < -0.39 is 11.6 Å². The lowest BCUT2D eigenvalue weighted by Gasteiger charge is -2.08. The molecule has 0 saturated carbocycles. The van der Waals surface area contributed by atoms with Crippen LogP contribution in [0.25, 0.3) is 11.3 Å². The highest BCUT2D eigenvalue weighted by Gasteiger charge is 2.16. The van der Waals surface area contributed by atoms with E-state index in [0.29, 0.717) is 11.3 Å². The first-order valence-electron chi connectivity index (χ1n) is 6.16. The maximum absolute atomic E-state index is 12.2. The highest BCUT2D eigenvalue weighted by atomic mass is 16.3. The summed E-state index contributed by atoms with van der Waals surface area (Å²) in [6, 6.07) is 3.34. The van der Waals surface area contributed by atoms with Crippen LogP contribution in [0.1, 0.15) is 10.5 Å². The summed E-state index contributed by atoms with van der Waals surface area (Å²) >= 11 is 0. The molecule has 0 spiro atoms. The molecule has 9 nitrogen and oxygen atoms in total. The molecule has 3 rings (SSSR count). The van der Waals surface area contributed by atoms with Gasteiger partial charge in [0.05, 0.1) is 11.8 Å². The first-order valence-corrected chi connectivity index (χ1v) is 6.16. The van der Waals surface area contributed by atoms with E-state index in [-0.39, 0.29) is 17.3 Å². The molecule has 4 N–H and O–H groups in total. The molecule has 3 aromatic heterocycles. The van der Waals surface area contributed by atoms with Crippen LogP contribution in [0.15, 0.2) is 46.2 Å². The molecule has 9 heteroatoms. The third-order valence-electron chi connectivity index (χ3n) is 2.78. The Labute approximate surface area is 123 Å². The van der Waals surface area contributed by atoms with Gasteiger partial charge >= 0.3 is 5.69 Å². The Balaban J connectivity index is 1.99. The van der Waals surface area contributed by atoms with Crippen molar-refractivity contribution in [2.24, 2.45) is 0 Å². The van der Waals surface area contributed by atoms with Crippen molar-refractivity contribution in [3.63, 3.8) is 0 Å². The number of hydrogen-bond donors (Lipinski definition) is 3. The lowest BCUT2D eigenvalue weighted by molar-refractivity contribution is 0.102. The van der Waals surface area contributed by atoms with Gasteiger partial charge in [0.1, 0.15) is 11.6 Å². The van der Waals surface area contributed by atoms with Crippen molar-refractivity contribution < 1.29 is 9.21 Å². The summed E-state index contributed by atoms with van der Waals surface area (Å²) in [5.41, 5.74) is 5.35. The summed E-state index contributed by atoms with van der Waals surface area (Å²) in [6.45, 7) is 0. The first kappa shape index (κ1) is 13.5. The van der Waals surface area contributed by atoms with Crippen molar-refractivity contribution in [1.82, 2.24) is 19.9 Å². The molecule has 3 heterocycles. The van der Waals surface area contributed by atoms with E-state index in [1.54, 1.807) is 12.1 Å². The van der Waals surface area contributed by atoms with Gasteiger partial charge in [0, 0.05) is 18.6 Å². The number of H-pyrrole nitrogens is 1. The Morgan fingerprint density at radius 3 is 2.82 bits per heavy atom. The average Bonchev–Trinajstić information content (AvgIpc) is 3.02. The molecule has 22 heavy (non-hydrogen) atoms. The van der Waals surface area contributed by atoms with Crippen LogP contribution in [-0.2, 0) is 0 Å². The standard InChI is InChI=1S/C13H10N6O3/c14-10-9(15-3-4-16-10)12(20)18-11-7(6-17-13(21)19-11)8-2-1-5-22-8/h1-6H,(H2,14,16)(H2,17,18,19,20,21). The van der Waals surface area contributed by atoms with Crippen LogP contribution in [-0.4, -0.2) is 25.8 Å². The number of rotatable bonds is 3. The molecule has 0 aliphatic rings. The summed E-state index contributed by atoms with van der Waals surface area (Å²) in [6.07, 6.45) is 5.47. The van der Waals surface area contributed by atoms with Crippen LogP contribution in [0.5, 0.6) is 0 Å². The fourth-order valence-electron chi connectivity index (χ4n) is 1.81. The van der Waals surface area contributed by atoms with Crippen molar-refractivity contribution in [2.45, 2.75) is 0 Å². The fraction of sp³-hybridized carbons (Fsp3) is 0. The van der Waals surface area contributed by atoms with Gasteiger partial charge in [0.25, 0.3) is 5.91 Å². The Bertz CT molecular complexity index is 871. The molecule has 0 unspecified atom stereocenters. The number of nitrogens with two attached hydrogens (primary N) is 1. The Hall–Kier alpha value is -3.49. The topological polar surface area (TPSA) is 140 Å². The number of carbonyl (C=O) groups is 1. The van der Waals surface area contributed by atoms with Crippen molar-refractivity contribution in [1.29, 1.82) is 0 Å². The summed E-state index contributed by atoms with van der Waals surface area (Å²) in [5, 5.41) is 2.52. The zero-order valence-electron chi connectivity index (χ0n) is 11.1. The number of nitrogen functional groups attached to an aromatic ring is 1. The number of aromatic nitrogens is 4. The van der Waals surface area contributed by atoms with E-state index in [1.807, 2.05) is 0 Å². The van der Waals surface area contributed by atoms with Crippen LogP contribution < -0.4 is 16.7 Å². The predicted molar refractivity (Wildman–Crippen MR) is 77.0 cm³/mol. The lowest BCUT2D eigenvalue weighted by atomic mass is 10.2. The van der Waals surface area contributed by atoms with Crippen molar-refractivity contribution in [3.05, 3.63) is 53.2 Å². The zero-order chi connectivity index (χ0) is 15.5. The van der Waals surface area contributed by atoms with Crippen LogP contribution in [0.4, 0.5) is 11.6 Å². The van der Waals surface area contributed by atoms with Gasteiger partial charge in [-0.1, -0.05) is 0 Å². The predicted octanol–water partition coefficient (Wildman–Crippen LogP) is 0.654. The monoisotopic (exact) mass is 298 g/mol. The minimum atomic E-state index is -0.613. The van der Waals surface area contributed by atoms with E-state index in [2.05, 4.69) is 25.3 Å². The van der Waals surface area contributed by atoms with Gasteiger partial charge in [0.15, 0.2) is 11.5 Å². The second-order valence-corrected chi connectivity index (χ2v) is 4.20. The van der Waals surface area contributed by atoms with Crippen molar-refractivity contribution in [2.75, 3.05) is 11.1 Å². The fourth-order valence-corrected chi connectivity index (χ4v) is 1.81. The molecule has 3 aromatic rings. The van der Waals surface area contributed by atoms with Crippen LogP contribution in [0.3, 0.4) is 0 Å². The highest BCUT2D eigenvalue weighted by molar-refractivity contribution is 6.06. The minimum absolute atomic E-state index is 0.0176. The van der Waals surface area contributed by atoms with Crippen LogP contribution >= 0.6 is 0 Å². The van der Waals surface area contributed by atoms with Crippen molar-refractivity contribution >= 4 is 17.5 Å². The van der Waals surface area contributed by atoms with Gasteiger partial charge in [-0.15, -0.1) is 0 Å². The molecule has 0 radical (unpaired) electrons. The van der Waals surface area contributed by atoms with Gasteiger partial charge in [0.2, 0.25) is 0 Å². The second kappa shape index (κ2) is 5.48. The molecule has 0 aliphatic heterocycles. The van der Waals surface area contributed by atoms with E-state index in [9.17, 15) is 9.59 Å². The zero-order valence-corrected chi connectivity index (χ0v) is 11.1. The number of aromatic amines is 1. The number of amides is 1. The molecule has 0 aromatic carbocycles. The highest BCUT2D eigenvalue weighted by Crippen LogP contribution is 2.25. The van der Waals surface area contributed by atoms with Gasteiger partial charge in [-0.25, -0.2) is 19.7 Å². The number of nitrogens with one attached hydrogen (secondary N) is 2. The minimum Gasteiger partial charge on any atom is -0.464 e. The summed E-state index contributed by atoms with van der Waals surface area (Å²) in [5.74, 6) is -0.0626. The molecular weight excluding hydrogens is 288 g/mol. The molecule has 0 fully saturated rings. The maximum atomic E-state index is 12.2. The molecule has 1 amide bonds. The summed E-state index contributed by atoms with van der Waals surface area (Å²) in [7, 11) is 0. The Kier molecular flexibility index (Phi) is 3.36. The first-order chi connectivity index (χ1) is 10.6. The summed E-state index contributed by atoms with van der Waals surface area (Å²) < 4.78 is 5.25. The average molecular weight is 298 g/mol. The SMILES string of the molecule is Nc1nccnc1C(=O)Nc1[nH]c(=O)ncc1-c1ccco1. The largest absolute Gasteiger partial charge is 0.464 e. The van der Waals surface area contributed by atoms with Gasteiger partial charge < -0.3 is 15.5 Å². The number of hydrogen-bond acceptors (Lipinski definition) is 7. The molecule has 0 atom stereocenters. The Morgan fingerprint density at radius 2 is 2.09 bits per heavy atom. The van der Waals surface area contributed by atoms with Crippen LogP contribution in [0, 0.1) is 0 Å².